The first kappa shape index (κ1) is 13.6. The highest BCUT2D eigenvalue weighted by atomic mass is 127. The minimum absolute atomic E-state index is 0.258. The van der Waals surface area contributed by atoms with Gasteiger partial charge in [0.2, 0.25) is 0 Å². The molecule has 0 saturated heterocycles. The number of carbonyl (C=O) groups excluding carboxylic acids is 1. The first-order chi connectivity index (χ1) is 8.50. The Kier molecular flexibility index (Phi) is 4.11. The lowest BCUT2D eigenvalue weighted by Gasteiger charge is -2.06. The minimum atomic E-state index is -1.11. The Balaban J connectivity index is 2.55. The lowest BCUT2D eigenvalue weighted by Crippen LogP contribution is -2.07. The van der Waals surface area contributed by atoms with E-state index in [0.29, 0.717) is 13.6 Å². The molecule has 18 heavy (non-hydrogen) atoms. The molecule has 0 atom stereocenters. The van der Waals surface area contributed by atoms with Crippen LogP contribution in [0.15, 0.2) is 40.9 Å². The molecule has 2 aromatic carbocycles. The molecule has 0 aliphatic heterocycles. The summed E-state index contributed by atoms with van der Waals surface area (Å²) in [5.41, 5.74) is 0.0838. The molecule has 0 aliphatic rings. The molecule has 0 radical (unpaired) electrons. The maximum absolute atomic E-state index is 13.6. The van der Waals surface area contributed by atoms with Gasteiger partial charge in [-0.05, 0) is 52.9 Å². The summed E-state index contributed by atoms with van der Waals surface area (Å²) in [6.07, 6.45) is 0. The first-order valence-electron chi connectivity index (χ1n) is 4.94. The molecule has 5 heteroatoms. The van der Waals surface area contributed by atoms with Gasteiger partial charge in [-0.15, -0.1) is 0 Å². The standard InChI is InChI=1S/C13H6BrF2IO/c14-7-4-5-11(17)9(6-7)13(18)8-2-1-3-10(15)12(8)16/h1-6H. The van der Waals surface area contributed by atoms with Crippen molar-refractivity contribution in [3.05, 3.63) is 67.2 Å². The molecule has 1 nitrogen and oxygen atoms in total. The number of carbonyl (C=O) groups is 1. The fourth-order valence-electron chi connectivity index (χ4n) is 1.50. The van der Waals surface area contributed by atoms with Crippen molar-refractivity contribution in [3.8, 4) is 0 Å². The van der Waals surface area contributed by atoms with E-state index in [1.165, 1.54) is 12.1 Å². The van der Waals surface area contributed by atoms with Crippen molar-refractivity contribution in [1.29, 1.82) is 0 Å². The average Bonchev–Trinajstić information content (AvgIpc) is 2.35. The number of rotatable bonds is 2. The van der Waals surface area contributed by atoms with Crippen molar-refractivity contribution in [3.63, 3.8) is 0 Å². The van der Waals surface area contributed by atoms with E-state index in [4.69, 9.17) is 0 Å². The Morgan fingerprint density at radius 3 is 2.56 bits per heavy atom. The van der Waals surface area contributed by atoms with Crippen LogP contribution >= 0.6 is 38.5 Å². The van der Waals surface area contributed by atoms with E-state index in [0.717, 1.165) is 6.07 Å². The topological polar surface area (TPSA) is 17.1 Å². The number of ketones is 1. The molecule has 0 N–H and O–H groups in total. The third kappa shape index (κ3) is 2.61. The lowest BCUT2D eigenvalue weighted by molar-refractivity contribution is 0.103. The van der Waals surface area contributed by atoms with E-state index in [2.05, 4.69) is 15.9 Å². The summed E-state index contributed by atoms with van der Waals surface area (Å²) < 4.78 is 28.1. The highest BCUT2D eigenvalue weighted by molar-refractivity contribution is 14.1. The third-order valence-electron chi connectivity index (χ3n) is 2.37. The number of benzene rings is 2. The average molecular weight is 423 g/mol. The van der Waals surface area contributed by atoms with Crippen LogP contribution in [0.2, 0.25) is 0 Å². The SMILES string of the molecule is O=C(c1cc(Br)ccc1I)c1cccc(F)c1F. The molecule has 0 heterocycles. The van der Waals surface area contributed by atoms with Crippen LogP contribution in [0.4, 0.5) is 8.78 Å². The van der Waals surface area contributed by atoms with E-state index >= 15 is 0 Å². The molecule has 2 rings (SSSR count). The molecule has 92 valence electrons. The van der Waals surface area contributed by atoms with Crippen LogP contribution in [-0.2, 0) is 0 Å². The molecule has 0 fully saturated rings. The van der Waals surface area contributed by atoms with Crippen LogP contribution in [0.5, 0.6) is 0 Å². The fourth-order valence-corrected chi connectivity index (χ4v) is 2.44. The van der Waals surface area contributed by atoms with Crippen molar-refractivity contribution in [2.45, 2.75) is 0 Å². The maximum Gasteiger partial charge on any atom is 0.197 e. The predicted octanol–water partition coefficient (Wildman–Crippen LogP) is 4.56. The van der Waals surface area contributed by atoms with Crippen molar-refractivity contribution in [2.24, 2.45) is 0 Å². The van der Waals surface area contributed by atoms with Gasteiger partial charge in [0.25, 0.3) is 0 Å². The normalized spacial score (nSPS) is 10.4. The molecule has 0 bridgehead atoms. The second kappa shape index (κ2) is 5.44. The first-order valence-corrected chi connectivity index (χ1v) is 6.81. The summed E-state index contributed by atoms with van der Waals surface area (Å²) in [6, 6.07) is 8.68. The number of hydrogen-bond donors (Lipinski definition) is 0. The molecule has 0 spiro atoms. The summed E-state index contributed by atoms with van der Waals surface area (Å²) in [5, 5.41) is 0. The highest BCUT2D eigenvalue weighted by Gasteiger charge is 2.18. The smallest absolute Gasteiger partial charge is 0.197 e. The van der Waals surface area contributed by atoms with E-state index in [9.17, 15) is 13.6 Å². The summed E-state index contributed by atoms with van der Waals surface area (Å²) in [7, 11) is 0. The maximum atomic E-state index is 13.6. The van der Waals surface area contributed by atoms with Gasteiger partial charge in [0.05, 0.1) is 5.56 Å². The Hall–Kier alpha value is -0.820. The van der Waals surface area contributed by atoms with Gasteiger partial charge in [-0.25, -0.2) is 8.78 Å². The highest BCUT2D eigenvalue weighted by Crippen LogP contribution is 2.23. The molecule has 2 aromatic rings. The van der Waals surface area contributed by atoms with E-state index in [1.807, 2.05) is 22.6 Å². The van der Waals surface area contributed by atoms with Gasteiger partial charge in [-0.3, -0.25) is 4.79 Å². The second-order valence-corrected chi connectivity index (χ2v) is 5.63. The Morgan fingerprint density at radius 2 is 1.83 bits per heavy atom. The Morgan fingerprint density at radius 1 is 1.11 bits per heavy atom. The van der Waals surface area contributed by atoms with Crippen LogP contribution in [-0.4, -0.2) is 5.78 Å². The van der Waals surface area contributed by atoms with Crippen molar-refractivity contribution >= 4 is 44.3 Å². The van der Waals surface area contributed by atoms with Gasteiger partial charge in [-0.2, -0.15) is 0 Å². The molecule has 0 unspecified atom stereocenters. The van der Waals surface area contributed by atoms with Crippen LogP contribution in [0.25, 0.3) is 0 Å². The van der Waals surface area contributed by atoms with E-state index < -0.39 is 17.4 Å². The molecule has 0 aromatic heterocycles. The molecular formula is C13H6BrF2IO. The third-order valence-corrected chi connectivity index (χ3v) is 3.80. The van der Waals surface area contributed by atoms with Gasteiger partial charge < -0.3 is 0 Å². The van der Waals surface area contributed by atoms with Crippen LogP contribution < -0.4 is 0 Å². The van der Waals surface area contributed by atoms with Gasteiger partial charge in [0.15, 0.2) is 17.4 Å². The quantitative estimate of drug-likeness (QED) is 0.512. The van der Waals surface area contributed by atoms with Crippen LogP contribution in [0.3, 0.4) is 0 Å². The van der Waals surface area contributed by atoms with Gasteiger partial charge in [0, 0.05) is 13.6 Å². The van der Waals surface area contributed by atoms with E-state index in [1.54, 1.807) is 18.2 Å². The summed E-state index contributed by atoms with van der Waals surface area (Å²) in [5.74, 6) is -2.66. The van der Waals surface area contributed by atoms with Crippen LogP contribution in [0, 0.1) is 15.2 Å². The Bertz CT molecular complexity index is 624. The molecule has 0 aliphatic carbocycles. The monoisotopic (exact) mass is 422 g/mol. The molecule has 0 saturated carbocycles. The fraction of sp³-hybridized carbons (Fsp3) is 0. The Labute approximate surface area is 124 Å². The van der Waals surface area contributed by atoms with Gasteiger partial charge in [0.1, 0.15) is 0 Å². The predicted molar refractivity (Wildman–Crippen MR) is 76.6 cm³/mol. The summed E-state index contributed by atoms with van der Waals surface area (Å²) in [6.45, 7) is 0. The van der Waals surface area contributed by atoms with Gasteiger partial charge in [-0.1, -0.05) is 22.0 Å². The van der Waals surface area contributed by atoms with E-state index in [-0.39, 0.29) is 5.56 Å². The van der Waals surface area contributed by atoms with Crippen molar-refractivity contribution in [1.82, 2.24) is 0 Å². The molecule has 0 amide bonds. The van der Waals surface area contributed by atoms with Crippen molar-refractivity contribution < 1.29 is 13.6 Å². The molecular weight excluding hydrogens is 417 g/mol. The van der Waals surface area contributed by atoms with Crippen molar-refractivity contribution in [2.75, 3.05) is 0 Å². The zero-order valence-corrected chi connectivity index (χ0v) is 12.6. The zero-order valence-electron chi connectivity index (χ0n) is 8.88. The van der Waals surface area contributed by atoms with Crippen LogP contribution in [0.1, 0.15) is 15.9 Å². The number of hydrogen-bond acceptors (Lipinski definition) is 1. The second-order valence-electron chi connectivity index (χ2n) is 3.55. The summed E-state index contributed by atoms with van der Waals surface area (Å²) >= 11 is 5.23. The summed E-state index contributed by atoms with van der Waals surface area (Å²) in [4.78, 5) is 12.2. The number of halogens is 4. The zero-order chi connectivity index (χ0) is 13.3. The van der Waals surface area contributed by atoms with Gasteiger partial charge >= 0.3 is 0 Å². The largest absolute Gasteiger partial charge is 0.288 e. The lowest BCUT2D eigenvalue weighted by atomic mass is 10.0. The minimum Gasteiger partial charge on any atom is -0.288 e.